The van der Waals surface area contributed by atoms with Gasteiger partial charge in [0.25, 0.3) is 0 Å². The molecule has 0 rings (SSSR count). The Labute approximate surface area is 71.1 Å². The maximum Gasteiger partial charge on any atom is 0.229 e. The second-order valence-electron chi connectivity index (χ2n) is 2.36. The second kappa shape index (κ2) is 5.12. The van der Waals surface area contributed by atoms with E-state index >= 15 is 0 Å². The minimum absolute atomic E-state index is 0.201. The Kier molecular flexibility index (Phi) is 5.25. The summed E-state index contributed by atoms with van der Waals surface area (Å²) >= 11 is 0. The number of rotatable bonds is 5. The van der Waals surface area contributed by atoms with E-state index in [1.807, 2.05) is 0 Å². The van der Waals surface area contributed by atoms with Crippen LogP contribution in [-0.2, 0) is 9.13 Å². The Balaban J connectivity index is 4.40. The molecule has 0 aliphatic rings. The second-order valence-corrected chi connectivity index (χ2v) is 5.74. The van der Waals surface area contributed by atoms with Crippen LogP contribution in [-0.4, -0.2) is 26.5 Å². The van der Waals surface area contributed by atoms with Gasteiger partial charge in [-0.3, -0.25) is 9.13 Å². The fourth-order valence-electron chi connectivity index (χ4n) is 0.663. The molecule has 8 heteroatoms. The lowest BCUT2D eigenvalue weighted by Crippen LogP contribution is -2.20. The van der Waals surface area contributed by atoms with Crippen molar-refractivity contribution in [2.75, 3.05) is 6.54 Å². The molecule has 12 heavy (non-hydrogen) atoms. The number of nitrogens with two attached hydrogens (primary N) is 1. The van der Waals surface area contributed by atoms with Gasteiger partial charge in [0.15, 0.2) is 0 Å². The maximum atomic E-state index is 10.5. The Bertz CT molecular complexity index is 182. The first-order valence-electron chi connectivity index (χ1n) is 3.34. The predicted molar refractivity (Wildman–Crippen MR) is 45.7 cm³/mol. The topological polar surface area (TPSA) is 121 Å². The molecule has 2 atom stereocenters. The molecule has 5 N–H and O–H groups in total. The zero-order valence-corrected chi connectivity index (χ0v) is 8.36. The summed E-state index contributed by atoms with van der Waals surface area (Å²) in [5.41, 5.74) is 5.08. The molecule has 0 radical (unpaired) electrons. The molecular formula is C4H13NO5P2. The van der Waals surface area contributed by atoms with Crippen LogP contribution < -0.4 is 5.73 Å². The number of hydrogen-bond donors (Lipinski definition) is 4. The lowest BCUT2D eigenvalue weighted by Gasteiger charge is -2.20. The molecule has 74 valence electrons. The van der Waals surface area contributed by atoms with Gasteiger partial charge in [-0.25, -0.2) is 0 Å². The lowest BCUT2D eigenvalue weighted by atomic mass is 10.3. The Morgan fingerprint density at radius 1 is 1.25 bits per heavy atom. The molecule has 0 aromatic carbocycles. The van der Waals surface area contributed by atoms with E-state index in [1.54, 1.807) is 0 Å². The zero-order chi connectivity index (χ0) is 9.78. The number of hydrogen-bond acceptors (Lipinski definition) is 4. The van der Waals surface area contributed by atoms with Gasteiger partial charge in [0.2, 0.25) is 21.1 Å². The first kappa shape index (κ1) is 12.3. The molecule has 0 aromatic heterocycles. The van der Waals surface area contributed by atoms with E-state index in [0.717, 1.165) is 0 Å². The van der Waals surface area contributed by atoms with Crippen molar-refractivity contribution in [3.05, 3.63) is 0 Å². The molecule has 2 unspecified atom stereocenters. The van der Waals surface area contributed by atoms with Crippen LogP contribution in [0.25, 0.3) is 0 Å². The third kappa shape index (κ3) is 2.98. The van der Waals surface area contributed by atoms with E-state index in [1.165, 1.54) is 0 Å². The Hall–Kier alpha value is 0.300. The number of aliphatic hydroxyl groups is 1. The van der Waals surface area contributed by atoms with Crippen LogP contribution in [0.2, 0.25) is 0 Å². The van der Waals surface area contributed by atoms with Crippen molar-refractivity contribution in [3.63, 3.8) is 0 Å². The smallest absolute Gasteiger partial charge is 0.229 e. The van der Waals surface area contributed by atoms with Gasteiger partial charge in [-0.2, -0.15) is 0 Å². The van der Waals surface area contributed by atoms with Crippen LogP contribution in [0, 0.1) is 0 Å². The van der Waals surface area contributed by atoms with Gasteiger partial charge in [-0.15, -0.1) is 0 Å². The van der Waals surface area contributed by atoms with E-state index in [-0.39, 0.29) is 19.4 Å². The molecule has 0 aromatic rings. The first-order valence-corrected chi connectivity index (χ1v) is 6.05. The summed E-state index contributed by atoms with van der Waals surface area (Å²) in [4.78, 5) is 17.2. The first-order chi connectivity index (χ1) is 5.45. The fraction of sp³-hybridized carbons (Fsp3) is 1.00. The molecule has 0 amide bonds. The van der Waals surface area contributed by atoms with E-state index < -0.39 is 21.1 Å². The van der Waals surface area contributed by atoms with Crippen molar-refractivity contribution in [1.82, 2.24) is 0 Å². The van der Waals surface area contributed by atoms with Crippen LogP contribution in [0.4, 0.5) is 0 Å². The van der Waals surface area contributed by atoms with Crippen molar-refractivity contribution in [2.45, 2.75) is 17.9 Å². The van der Waals surface area contributed by atoms with Gasteiger partial charge < -0.3 is 20.6 Å². The highest BCUT2D eigenvalue weighted by molar-refractivity contribution is 7.59. The molecule has 0 spiro atoms. The van der Waals surface area contributed by atoms with Crippen LogP contribution in [0.15, 0.2) is 0 Å². The molecule has 0 fully saturated rings. The SMILES string of the molecule is NCCCC(O)([PH](=O)O)[PH](=O)O. The predicted octanol–water partition coefficient (Wildman–Crippen LogP) is -0.695. The molecule has 0 aliphatic carbocycles. The van der Waals surface area contributed by atoms with Gasteiger partial charge in [-0.1, -0.05) is 0 Å². The normalized spacial score (nSPS) is 21.3. The summed E-state index contributed by atoms with van der Waals surface area (Å²) in [6.07, 6.45) is 0.0243. The van der Waals surface area contributed by atoms with Gasteiger partial charge >= 0.3 is 0 Å². The highest BCUT2D eigenvalue weighted by Crippen LogP contribution is 2.51. The van der Waals surface area contributed by atoms with Crippen LogP contribution in [0.1, 0.15) is 12.8 Å². The Morgan fingerprint density at radius 2 is 1.67 bits per heavy atom. The van der Waals surface area contributed by atoms with Crippen molar-refractivity contribution < 1.29 is 24.0 Å². The summed E-state index contributed by atoms with van der Waals surface area (Å²) in [6, 6.07) is 0. The van der Waals surface area contributed by atoms with Crippen molar-refractivity contribution in [2.24, 2.45) is 5.73 Å². The third-order valence-corrected chi connectivity index (χ3v) is 4.65. The highest BCUT2D eigenvalue weighted by Gasteiger charge is 2.38. The van der Waals surface area contributed by atoms with Crippen molar-refractivity contribution >= 4 is 16.1 Å². The minimum Gasteiger partial charge on any atom is -0.372 e. The average molecular weight is 217 g/mol. The third-order valence-electron chi connectivity index (χ3n) is 1.45. The summed E-state index contributed by atoms with van der Waals surface area (Å²) in [5.74, 6) is 0. The summed E-state index contributed by atoms with van der Waals surface area (Å²) in [5, 5.41) is 6.88. The van der Waals surface area contributed by atoms with Gasteiger partial charge in [0.1, 0.15) is 0 Å². The molecule has 6 nitrogen and oxygen atoms in total. The monoisotopic (exact) mass is 217 g/mol. The quantitative estimate of drug-likeness (QED) is 0.452. The van der Waals surface area contributed by atoms with Gasteiger partial charge in [0.05, 0.1) is 0 Å². The average Bonchev–Trinajstić information content (AvgIpc) is 1.99. The largest absolute Gasteiger partial charge is 0.372 e. The van der Waals surface area contributed by atoms with Crippen LogP contribution >= 0.6 is 16.1 Å². The minimum atomic E-state index is -3.41. The van der Waals surface area contributed by atoms with Gasteiger partial charge in [0, 0.05) is 0 Å². The van der Waals surface area contributed by atoms with Crippen LogP contribution in [0.5, 0.6) is 0 Å². The molecule has 0 heterocycles. The summed E-state index contributed by atoms with van der Waals surface area (Å²) < 4.78 is 21.1. The highest BCUT2D eigenvalue weighted by atomic mass is 31.2. The zero-order valence-electron chi connectivity index (χ0n) is 6.36. The van der Waals surface area contributed by atoms with Crippen molar-refractivity contribution in [3.8, 4) is 0 Å². The Morgan fingerprint density at radius 3 is 1.92 bits per heavy atom. The standard InChI is InChI=1S/C4H13NO5P2/c5-3-1-2-4(6,11(7)8)12(9)10/h6,11-12H,1-3,5H2,(H,7,8)(H,9,10). The van der Waals surface area contributed by atoms with E-state index in [0.29, 0.717) is 0 Å². The summed E-state index contributed by atoms with van der Waals surface area (Å²) in [6.45, 7) is 0.201. The van der Waals surface area contributed by atoms with E-state index in [4.69, 9.17) is 15.5 Å². The lowest BCUT2D eigenvalue weighted by molar-refractivity contribution is 0.171. The fourth-order valence-corrected chi connectivity index (χ4v) is 2.18. The van der Waals surface area contributed by atoms with Crippen molar-refractivity contribution in [1.29, 1.82) is 0 Å². The molecular weight excluding hydrogens is 204 g/mol. The molecule has 0 saturated heterocycles. The molecule has 0 aliphatic heterocycles. The van der Waals surface area contributed by atoms with E-state index in [2.05, 4.69) is 0 Å². The van der Waals surface area contributed by atoms with E-state index in [9.17, 15) is 14.2 Å². The molecule has 0 saturated carbocycles. The summed E-state index contributed by atoms with van der Waals surface area (Å²) in [7, 11) is -6.82. The maximum absolute atomic E-state index is 10.5. The van der Waals surface area contributed by atoms with Gasteiger partial charge in [-0.05, 0) is 19.4 Å². The molecule has 0 bridgehead atoms. The van der Waals surface area contributed by atoms with Crippen LogP contribution in [0.3, 0.4) is 0 Å².